The number of benzene rings is 1. The van der Waals surface area contributed by atoms with Crippen LogP contribution in [0.2, 0.25) is 0 Å². The van der Waals surface area contributed by atoms with Gasteiger partial charge in [-0.15, -0.1) is 11.3 Å². The summed E-state index contributed by atoms with van der Waals surface area (Å²) in [5.41, 5.74) is 3.43. The first-order chi connectivity index (χ1) is 10.8. The fraction of sp³-hybridized carbons (Fsp3) is 0.188. The molecule has 0 spiro atoms. The topological polar surface area (TPSA) is 55.3 Å². The molecule has 1 saturated heterocycles. The van der Waals surface area contributed by atoms with Crippen molar-refractivity contribution in [3.8, 4) is 5.75 Å². The number of likely N-dealkylation sites (tertiary alicyclic amines) is 1. The van der Waals surface area contributed by atoms with Crippen LogP contribution in [-0.2, 0) is 0 Å². The van der Waals surface area contributed by atoms with E-state index in [4.69, 9.17) is 4.74 Å². The molecule has 0 radical (unpaired) electrons. The van der Waals surface area contributed by atoms with Crippen molar-refractivity contribution in [3.05, 3.63) is 53.8 Å². The molecule has 110 valence electrons. The van der Waals surface area contributed by atoms with Gasteiger partial charge in [-0.3, -0.25) is 9.78 Å². The Labute approximate surface area is 131 Å². The van der Waals surface area contributed by atoms with Gasteiger partial charge in [-0.1, -0.05) is 0 Å². The Kier molecular flexibility index (Phi) is 3.23. The van der Waals surface area contributed by atoms with Gasteiger partial charge in [0, 0.05) is 11.8 Å². The highest BCUT2D eigenvalue weighted by atomic mass is 32.1. The van der Waals surface area contributed by atoms with Crippen molar-refractivity contribution >= 4 is 27.5 Å². The van der Waals surface area contributed by atoms with Crippen molar-refractivity contribution in [2.24, 2.45) is 0 Å². The average molecular weight is 311 g/mol. The van der Waals surface area contributed by atoms with Gasteiger partial charge in [-0.05, 0) is 30.3 Å². The van der Waals surface area contributed by atoms with E-state index in [0.717, 1.165) is 16.0 Å². The first kappa shape index (κ1) is 13.2. The first-order valence-corrected chi connectivity index (χ1v) is 7.87. The molecule has 0 N–H and O–H groups in total. The summed E-state index contributed by atoms with van der Waals surface area (Å²) in [7, 11) is 0. The van der Waals surface area contributed by atoms with Crippen LogP contribution in [-0.4, -0.2) is 40.0 Å². The molecule has 3 heterocycles. The summed E-state index contributed by atoms with van der Waals surface area (Å²) in [6.07, 6.45) is 3.43. The molecule has 0 atom stereocenters. The Morgan fingerprint density at radius 2 is 2.23 bits per heavy atom. The normalized spacial score (nSPS) is 14.8. The van der Waals surface area contributed by atoms with Gasteiger partial charge >= 0.3 is 0 Å². The first-order valence-electron chi connectivity index (χ1n) is 6.99. The zero-order chi connectivity index (χ0) is 14.9. The molecular weight excluding hydrogens is 298 g/mol. The number of thiazole rings is 1. The van der Waals surface area contributed by atoms with Gasteiger partial charge in [0.1, 0.15) is 11.9 Å². The molecule has 1 aliphatic heterocycles. The zero-order valence-corrected chi connectivity index (χ0v) is 12.5. The van der Waals surface area contributed by atoms with E-state index in [9.17, 15) is 4.79 Å². The third-order valence-corrected chi connectivity index (χ3v) is 4.44. The second-order valence-electron chi connectivity index (χ2n) is 5.17. The number of pyridine rings is 1. The Balaban J connectivity index is 1.40. The lowest BCUT2D eigenvalue weighted by Crippen LogP contribution is -2.56. The molecule has 1 aromatic carbocycles. The van der Waals surface area contributed by atoms with E-state index in [1.54, 1.807) is 34.1 Å². The van der Waals surface area contributed by atoms with Crippen molar-refractivity contribution in [2.75, 3.05) is 13.1 Å². The van der Waals surface area contributed by atoms with Gasteiger partial charge in [0.15, 0.2) is 0 Å². The summed E-state index contributed by atoms with van der Waals surface area (Å²) >= 11 is 1.55. The van der Waals surface area contributed by atoms with Crippen molar-refractivity contribution < 1.29 is 9.53 Å². The molecule has 0 bridgehead atoms. The number of fused-ring (bicyclic) bond motifs is 1. The Bertz CT molecular complexity index is 812. The lowest BCUT2D eigenvalue weighted by Gasteiger charge is -2.38. The van der Waals surface area contributed by atoms with Crippen molar-refractivity contribution in [1.29, 1.82) is 0 Å². The van der Waals surface area contributed by atoms with Gasteiger partial charge in [0.2, 0.25) is 0 Å². The van der Waals surface area contributed by atoms with Crippen LogP contribution >= 0.6 is 11.3 Å². The van der Waals surface area contributed by atoms with Crippen LogP contribution in [0.4, 0.5) is 0 Å². The number of aromatic nitrogens is 2. The second kappa shape index (κ2) is 5.38. The van der Waals surface area contributed by atoms with E-state index in [0.29, 0.717) is 18.7 Å². The molecular formula is C16H13N3O2S. The molecule has 5 nitrogen and oxygen atoms in total. The van der Waals surface area contributed by atoms with E-state index in [1.807, 2.05) is 30.3 Å². The highest BCUT2D eigenvalue weighted by Crippen LogP contribution is 2.23. The predicted octanol–water partition coefficient (Wildman–Crippen LogP) is 2.59. The maximum Gasteiger partial charge on any atom is 0.254 e. The van der Waals surface area contributed by atoms with E-state index in [1.165, 1.54) is 0 Å². The summed E-state index contributed by atoms with van der Waals surface area (Å²) < 4.78 is 6.80. The summed E-state index contributed by atoms with van der Waals surface area (Å²) in [4.78, 5) is 22.5. The summed E-state index contributed by atoms with van der Waals surface area (Å²) in [5.74, 6) is 0.784. The summed E-state index contributed by atoms with van der Waals surface area (Å²) in [6.45, 7) is 1.21. The molecule has 1 amide bonds. The molecule has 1 aliphatic rings. The van der Waals surface area contributed by atoms with Crippen LogP contribution in [0, 0.1) is 0 Å². The third-order valence-electron chi connectivity index (χ3n) is 3.65. The van der Waals surface area contributed by atoms with E-state index in [2.05, 4.69) is 9.97 Å². The molecule has 22 heavy (non-hydrogen) atoms. The Morgan fingerprint density at radius 1 is 1.32 bits per heavy atom. The summed E-state index contributed by atoms with van der Waals surface area (Å²) in [5, 5.41) is 0. The number of amides is 1. The van der Waals surface area contributed by atoms with Gasteiger partial charge in [-0.25, -0.2) is 4.98 Å². The minimum atomic E-state index is 0.0419. The highest BCUT2D eigenvalue weighted by molar-refractivity contribution is 7.16. The lowest BCUT2D eigenvalue weighted by atomic mass is 10.1. The number of nitrogens with zero attached hydrogens (tertiary/aromatic N) is 3. The average Bonchev–Trinajstić information content (AvgIpc) is 2.98. The lowest BCUT2D eigenvalue weighted by molar-refractivity contribution is 0.0177. The van der Waals surface area contributed by atoms with Gasteiger partial charge < -0.3 is 9.64 Å². The van der Waals surface area contributed by atoms with Gasteiger partial charge in [-0.2, -0.15) is 0 Å². The maximum atomic E-state index is 12.4. The molecule has 1 fully saturated rings. The largest absolute Gasteiger partial charge is 0.485 e. The number of hydrogen-bond donors (Lipinski definition) is 0. The maximum absolute atomic E-state index is 12.4. The summed E-state index contributed by atoms with van der Waals surface area (Å²) in [6, 6.07) is 9.34. The van der Waals surface area contributed by atoms with E-state index < -0.39 is 0 Å². The molecule has 3 aromatic rings. The fourth-order valence-electron chi connectivity index (χ4n) is 2.46. The van der Waals surface area contributed by atoms with E-state index in [-0.39, 0.29) is 12.0 Å². The third kappa shape index (κ3) is 2.42. The van der Waals surface area contributed by atoms with Crippen LogP contribution < -0.4 is 4.74 Å². The number of ether oxygens (including phenoxy) is 1. The van der Waals surface area contributed by atoms with Crippen molar-refractivity contribution in [2.45, 2.75) is 6.10 Å². The predicted molar refractivity (Wildman–Crippen MR) is 84.2 cm³/mol. The monoisotopic (exact) mass is 311 g/mol. The fourth-order valence-corrected chi connectivity index (χ4v) is 3.17. The quantitative estimate of drug-likeness (QED) is 0.746. The number of rotatable bonds is 3. The van der Waals surface area contributed by atoms with Gasteiger partial charge in [0.25, 0.3) is 5.91 Å². The number of hydrogen-bond acceptors (Lipinski definition) is 5. The molecule has 0 unspecified atom stereocenters. The number of carbonyl (C=O) groups is 1. The SMILES string of the molecule is O=C(c1ccc2ncsc2c1)N1CC(Oc2cccnc2)C1. The highest BCUT2D eigenvalue weighted by Gasteiger charge is 2.32. The Hall–Kier alpha value is -2.47. The molecule has 0 saturated carbocycles. The smallest absolute Gasteiger partial charge is 0.254 e. The standard InChI is InChI=1S/C16H13N3O2S/c20-16(11-3-4-14-15(6-11)22-10-18-14)19-8-13(9-19)21-12-2-1-5-17-7-12/h1-7,10,13H,8-9H2. The second-order valence-corrected chi connectivity index (χ2v) is 6.06. The van der Waals surface area contributed by atoms with Crippen molar-refractivity contribution in [1.82, 2.24) is 14.9 Å². The van der Waals surface area contributed by atoms with E-state index >= 15 is 0 Å². The minimum Gasteiger partial charge on any atom is -0.485 e. The zero-order valence-electron chi connectivity index (χ0n) is 11.7. The van der Waals surface area contributed by atoms with Gasteiger partial charge in [0.05, 0.1) is 35.0 Å². The van der Waals surface area contributed by atoms with Crippen LogP contribution in [0.3, 0.4) is 0 Å². The Morgan fingerprint density at radius 3 is 3.05 bits per heavy atom. The van der Waals surface area contributed by atoms with Crippen LogP contribution in [0.15, 0.2) is 48.2 Å². The van der Waals surface area contributed by atoms with Crippen LogP contribution in [0.1, 0.15) is 10.4 Å². The minimum absolute atomic E-state index is 0.0419. The number of carbonyl (C=O) groups excluding carboxylic acids is 1. The van der Waals surface area contributed by atoms with Crippen molar-refractivity contribution in [3.63, 3.8) is 0 Å². The molecule has 2 aromatic heterocycles. The van der Waals surface area contributed by atoms with Crippen LogP contribution in [0.25, 0.3) is 10.2 Å². The van der Waals surface area contributed by atoms with Crippen LogP contribution in [0.5, 0.6) is 5.75 Å². The molecule has 4 rings (SSSR count). The molecule has 0 aliphatic carbocycles. The molecule has 6 heteroatoms.